The van der Waals surface area contributed by atoms with E-state index in [9.17, 15) is 4.39 Å². The summed E-state index contributed by atoms with van der Waals surface area (Å²) in [5, 5.41) is 0.141. The van der Waals surface area contributed by atoms with Gasteiger partial charge in [0.2, 0.25) is 0 Å². The van der Waals surface area contributed by atoms with Crippen molar-refractivity contribution < 1.29 is 4.39 Å². The van der Waals surface area contributed by atoms with Gasteiger partial charge in [-0.1, -0.05) is 24.6 Å². The van der Waals surface area contributed by atoms with E-state index in [2.05, 4.69) is 0 Å². The largest absolute Gasteiger partial charge is 0.324 e. The van der Waals surface area contributed by atoms with Crippen LogP contribution in [0.4, 0.5) is 4.39 Å². The van der Waals surface area contributed by atoms with Gasteiger partial charge in [-0.15, -0.1) is 0 Å². The molecule has 0 saturated heterocycles. The van der Waals surface area contributed by atoms with E-state index in [4.69, 9.17) is 17.3 Å². The molecule has 0 radical (unpaired) electrons. The second-order valence-electron chi connectivity index (χ2n) is 2.69. The van der Waals surface area contributed by atoms with Crippen molar-refractivity contribution in [3.8, 4) is 0 Å². The first kappa shape index (κ1) is 9.49. The van der Waals surface area contributed by atoms with E-state index in [1.807, 2.05) is 6.92 Å². The predicted octanol–water partition coefficient (Wildman–Crippen LogP) is 2.89. The molecule has 0 aliphatic carbocycles. The molecule has 0 bridgehead atoms. The second-order valence-corrected chi connectivity index (χ2v) is 3.10. The molecule has 0 aromatic heterocycles. The number of nitrogens with two attached hydrogens (primary N) is 1. The fraction of sp³-hybridized carbons (Fsp3) is 0.333. The Hall–Kier alpha value is -0.600. The van der Waals surface area contributed by atoms with Gasteiger partial charge in [-0.3, -0.25) is 0 Å². The van der Waals surface area contributed by atoms with Crippen molar-refractivity contribution in [2.24, 2.45) is 5.73 Å². The van der Waals surface area contributed by atoms with E-state index in [0.717, 1.165) is 12.0 Å². The minimum absolute atomic E-state index is 0.100. The minimum Gasteiger partial charge on any atom is -0.324 e. The lowest BCUT2D eigenvalue weighted by Crippen LogP contribution is -2.08. The van der Waals surface area contributed by atoms with E-state index >= 15 is 0 Å². The van der Waals surface area contributed by atoms with Crippen LogP contribution in [-0.2, 0) is 0 Å². The Balaban J connectivity index is 2.96. The molecule has 0 spiro atoms. The third kappa shape index (κ3) is 1.96. The van der Waals surface area contributed by atoms with Crippen LogP contribution in [0.1, 0.15) is 24.9 Å². The topological polar surface area (TPSA) is 26.0 Å². The van der Waals surface area contributed by atoms with Gasteiger partial charge in [0.15, 0.2) is 0 Å². The SMILES string of the molecule is CCC(N)c1ccc(Cl)c(F)c1. The maximum Gasteiger partial charge on any atom is 0.142 e. The van der Waals surface area contributed by atoms with Gasteiger partial charge in [0.05, 0.1) is 5.02 Å². The number of hydrogen-bond acceptors (Lipinski definition) is 1. The molecule has 1 rings (SSSR count). The molecule has 2 N–H and O–H groups in total. The molecule has 0 amide bonds. The molecule has 0 heterocycles. The molecule has 0 aliphatic rings. The third-order valence-corrected chi connectivity index (χ3v) is 2.12. The summed E-state index contributed by atoms with van der Waals surface area (Å²) in [7, 11) is 0. The van der Waals surface area contributed by atoms with Gasteiger partial charge in [0.25, 0.3) is 0 Å². The lowest BCUT2D eigenvalue weighted by Gasteiger charge is -2.08. The molecule has 0 aliphatic heterocycles. The van der Waals surface area contributed by atoms with E-state index in [1.165, 1.54) is 12.1 Å². The summed E-state index contributed by atoms with van der Waals surface area (Å²) in [4.78, 5) is 0. The zero-order valence-electron chi connectivity index (χ0n) is 6.85. The van der Waals surface area contributed by atoms with Gasteiger partial charge in [-0.25, -0.2) is 4.39 Å². The van der Waals surface area contributed by atoms with Crippen molar-refractivity contribution >= 4 is 11.6 Å². The highest BCUT2D eigenvalue weighted by molar-refractivity contribution is 6.30. The highest BCUT2D eigenvalue weighted by Crippen LogP contribution is 2.20. The van der Waals surface area contributed by atoms with Crippen LogP contribution in [0.25, 0.3) is 0 Å². The highest BCUT2D eigenvalue weighted by atomic mass is 35.5. The number of hydrogen-bond donors (Lipinski definition) is 1. The van der Waals surface area contributed by atoms with Crippen LogP contribution < -0.4 is 5.73 Å². The smallest absolute Gasteiger partial charge is 0.142 e. The van der Waals surface area contributed by atoms with Gasteiger partial charge in [0.1, 0.15) is 5.82 Å². The van der Waals surface area contributed by atoms with Crippen molar-refractivity contribution in [1.82, 2.24) is 0 Å². The molecule has 66 valence electrons. The molecule has 12 heavy (non-hydrogen) atoms. The Morgan fingerprint density at radius 2 is 2.25 bits per heavy atom. The number of halogens is 2. The highest BCUT2D eigenvalue weighted by Gasteiger charge is 2.05. The van der Waals surface area contributed by atoms with Crippen molar-refractivity contribution in [3.63, 3.8) is 0 Å². The molecule has 0 fully saturated rings. The van der Waals surface area contributed by atoms with Crippen LogP contribution in [0, 0.1) is 5.82 Å². The molecule has 1 unspecified atom stereocenters. The Morgan fingerprint density at radius 3 is 2.75 bits per heavy atom. The normalized spacial score (nSPS) is 13.0. The standard InChI is InChI=1S/C9H11ClFN/c1-2-9(12)6-3-4-7(10)8(11)5-6/h3-5,9H,2,12H2,1H3. The summed E-state index contributed by atoms with van der Waals surface area (Å²) in [5.41, 5.74) is 6.49. The third-order valence-electron chi connectivity index (χ3n) is 1.81. The maximum atomic E-state index is 12.9. The van der Waals surface area contributed by atoms with E-state index in [-0.39, 0.29) is 11.1 Å². The van der Waals surface area contributed by atoms with Crippen LogP contribution in [-0.4, -0.2) is 0 Å². The molecule has 3 heteroatoms. The van der Waals surface area contributed by atoms with Crippen LogP contribution in [0.15, 0.2) is 18.2 Å². The Kier molecular flexibility index (Phi) is 3.06. The zero-order valence-corrected chi connectivity index (χ0v) is 7.61. The van der Waals surface area contributed by atoms with Crippen molar-refractivity contribution in [1.29, 1.82) is 0 Å². The Bertz CT molecular complexity index is 275. The first-order valence-corrected chi connectivity index (χ1v) is 4.23. The van der Waals surface area contributed by atoms with Gasteiger partial charge < -0.3 is 5.73 Å². The molecular formula is C9H11ClFN. The first-order chi connectivity index (χ1) is 5.65. The summed E-state index contributed by atoms with van der Waals surface area (Å²) in [6.45, 7) is 1.96. The van der Waals surface area contributed by atoms with Crippen molar-refractivity contribution in [2.75, 3.05) is 0 Å². The molecule has 1 nitrogen and oxygen atoms in total. The molecule has 0 saturated carbocycles. The fourth-order valence-corrected chi connectivity index (χ4v) is 1.10. The minimum atomic E-state index is -0.405. The number of benzene rings is 1. The Morgan fingerprint density at radius 1 is 1.58 bits per heavy atom. The van der Waals surface area contributed by atoms with Gasteiger partial charge >= 0.3 is 0 Å². The van der Waals surface area contributed by atoms with E-state index in [0.29, 0.717) is 0 Å². The lowest BCUT2D eigenvalue weighted by molar-refractivity contribution is 0.617. The molecule has 1 atom stereocenters. The maximum absolute atomic E-state index is 12.9. The van der Waals surface area contributed by atoms with Crippen LogP contribution in [0.3, 0.4) is 0 Å². The van der Waals surface area contributed by atoms with Crippen LogP contribution in [0.2, 0.25) is 5.02 Å². The van der Waals surface area contributed by atoms with E-state index < -0.39 is 5.82 Å². The summed E-state index contributed by atoms with van der Waals surface area (Å²) < 4.78 is 12.9. The average Bonchev–Trinajstić information content (AvgIpc) is 2.08. The Labute approximate surface area is 76.3 Å². The van der Waals surface area contributed by atoms with E-state index in [1.54, 1.807) is 6.07 Å². The average molecular weight is 188 g/mol. The second kappa shape index (κ2) is 3.87. The molecule has 1 aromatic carbocycles. The summed E-state index contributed by atoms with van der Waals surface area (Å²) in [6.07, 6.45) is 0.793. The zero-order chi connectivity index (χ0) is 9.14. The van der Waals surface area contributed by atoms with Crippen LogP contribution >= 0.6 is 11.6 Å². The molecular weight excluding hydrogens is 177 g/mol. The lowest BCUT2D eigenvalue weighted by atomic mass is 10.1. The summed E-state index contributed by atoms with van der Waals surface area (Å²) >= 11 is 5.51. The van der Waals surface area contributed by atoms with Gasteiger partial charge in [0, 0.05) is 6.04 Å². The first-order valence-electron chi connectivity index (χ1n) is 3.85. The fourth-order valence-electron chi connectivity index (χ4n) is 0.979. The van der Waals surface area contributed by atoms with Crippen molar-refractivity contribution in [3.05, 3.63) is 34.6 Å². The summed E-state index contributed by atoms with van der Waals surface area (Å²) in [5.74, 6) is -0.405. The van der Waals surface area contributed by atoms with Crippen LogP contribution in [0.5, 0.6) is 0 Å². The summed E-state index contributed by atoms with van der Waals surface area (Å²) in [6, 6.07) is 4.56. The monoisotopic (exact) mass is 187 g/mol. The van der Waals surface area contributed by atoms with Crippen molar-refractivity contribution in [2.45, 2.75) is 19.4 Å². The molecule has 1 aromatic rings. The van der Waals surface area contributed by atoms with Gasteiger partial charge in [-0.05, 0) is 24.1 Å². The predicted molar refractivity (Wildman–Crippen MR) is 48.6 cm³/mol. The van der Waals surface area contributed by atoms with Gasteiger partial charge in [-0.2, -0.15) is 0 Å². The number of rotatable bonds is 2. The quantitative estimate of drug-likeness (QED) is 0.757.